The smallest absolute Gasteiger partial charge is 0.167 e. The Balaban J connectivity index is 1.98. The largest absolute Gasteiger partial charge is 0.469 e. The third-order valence-electron chi connectivity index (χ3n) is 3.46. The number of hydrogen-bond donors (Lipinski definition) is 2. The summed E-state index contributed by atoms with van der Waals surface area (Å²) in [5.74, 6) is 1.41. The molecule has 0 bridgehead atoms. The molecule has 0 aliphatic carbocycles. The maximum atomic E-state index is 11.1. The molecule has 0 atom stereocenters. The van der Waals surface area contributed by atoms with E-state index in [0.29, 0.717) is 30.3 Å². The second-order valence-electron chi connectivity index (χ2n) is 4.79. The van der Waals surface area contributed by atoms with Crippen LogP contribution in [0.1, 0.15) is 26.4 Å². The van der Waals surface area contributed by atoms with Gasteiger partial charge in [0.15, 0.2) is 24.6 Å². The van der Waals surface area contributed by atoms with Crippen LogP contribution in [0, 0.1) is 0 Å². The fraction of sp³-hybridized carbons (Fsp3) is 0.200. The number of carbonyl (C=O) groups excluding carboxylic acids is 2. The highest BCUT2D eigenvalue weighted by atomic mass is 16.5. The molecule has 1 aromatic heterocycles. The molecule has 2 heterocycles. The van der Waals surface area contributed by atoms with Crippen molar-refractivity contribution in [2.75, 3.05) is 18.7 Å². The zero-order valence-electron chi connectivity index (χ0n) is 11.6. The van der Waals surface area contributed by atoms with E-state index in [0.717, 1.165) is 29.6 Å². The molecule has 0 radical (unpaired) electrons. The Morgan fingerprint density at radius 2 is 2.19 bits per heavy atom. The lowest BCUT2D eigenvalue weighted by Gasteiger charge is -2.17. The Labute approximate surface area is 121 Å². The van der Waals surface area contributed by atoms with Crippen molar-refractivity contribution in [1.82, 2.24) is 10.3 Å². The van der Waals surface area contributed by atoms with Crippen LogP contribution >= 0.6 is 0 Å². The van der Waals surface area contributed by atoms with Gasteiger partial charge in [-0.05, 0) is 30.8 Å². The number of benzene rings is 1. The molecule has 6 nitrogen and oxygen atoms in total. The average Bonchev–Trinajstić information content (AvgIpc) is 3.07. The number of nitrogens with zero attached hydrogens (tertiary/aromatic N) is 1. The van der Waals surface area contributed by atoms with E-state index >= 15 is 0 Å². The molecule has 0 amide bonds. The van der Waals surface area contributed by atoms with Gasteiger partial charge in [-0.15, -0.1) is 0 Å². The number of carbonyl (C=O) groups is 2. The highest BCUT2D eigenvalue weighted by Crippen LogP contribution is 2.39. The quantitative estimate of drug-likeness (QED) is 0.820. The number of H-pyrrole nitrogens is 1. The highest BCUT2D eigenvalue weighted by Gasteiger charge is 2.25. The van der Waals surface area contributed by atoms with Crippen LogP contribution in [-0.2, 0) is 6.54 Å². The minimum Gasteiger partial charge on any atom is -0.469 e. The summed E-state index contributed by atoms with van der Waals surface area (Å²) in [5, 5.41) is 3.05. The molecule has 0 saturated heterocycles. The van der Waals surface area contributed by atoms with Gasteiger partial charge in [0, 0.05) is 23.9 Å². The fourth-order valence-electron chi connectivity index (χ4n) is 2.44. The van der Waals surface area contributed by atoms with Crippen molar-refractivity contribution in [3.05, 3.63) is 41.1 Å². The number of ether oxygens (including phenoxy) is 1. The first kappa shape index (κ1) is 13.4. The van der Waals surface area contributed by atoms with Gasteiger partial charge in [0.25, 0.3) is 0 Å². The average molecular weight is 285 g/mol. The minimum absolute atomic E-state index is 0.375. The summed E-state index contributed by atoms with van der Waals surface area (Å²) >= 11 is 0. The van der Waals surface area contributed by atoms with Crippen molar-refractivity contribution < 1.29 is 14.3 Å². The topological polar surface area (TPSA) is 74.4 Å². The predicted molar refractivity (Wildman–Crippen MR) is 78.4 cm³/mol. The van der Waals surface area contributed by atoms with Crippen LogP contribution < -0.4 is 15.0 Å². The van der Waals surface area contributed by atoms with Crippen molar-refractivity contribution in [1.29, 1.82) is 0 Å². The number of aromatic amines is 1. The predicted octanol–water partition coefficient (Wildman–Crippen LogP) is 1.85. The maximum Gasteiger partial charge on any atom is 0.167 e. The van der Waals surface area contributed by atoms with Gasteiger partial charge in [-0.2, -0.15) is 0 Å². The van der Waals surface area contributed by atoms with E-state index in [9.17, 15) is 9.59 Å². The summed E-state index contributed by atoms with van der Waals surface area (Å²) in [7, 11) is 1.83. The van der Waals surface area contributed by atoms with Gasteiger partial charge in [0.05, 0.1) is 5.69 Å². The van der Waals surface area contributed by atoms with E-state index in [2.05, 4.69) is 10.3 Å². The molecule has 0 fully saturated rings. The van der Waals surface area contributed by atoms with Gasteiger partial charge in [-0.1, -0.05) is 0 Å². The van der Waals surface area contributed by atoms with Crippen LogP contribution in [0.15, 0.2) is 24.3 Å². The molecule has 3 rings (SSSR count). The summed E-state index contributed by atoms with van der Waals surface area (Å²) in [6, 6.07) is 7.27. The first-order valence-electron chi connectivity index (χ1n) is 6.58. The second-order valence-corrected chi connectivity index (χ2v) is 4.79. The molecular weight excluding hydrogens is 270 g/mol. The number of aromatic nitrogens is 1. The van der Waals surface area contributed by atoms with Crippen molar-refractivity contribution in [2.24, 2.45) is 0 Å². The third kappa shape index (κ3) is 2.30. The van der Waals surface area contributed by atoms with Gasteiger partial charge in [0.1, 0.15) is 6.29 Å². The molecule has 21 heavy (non-hydrogen) atoms. The van der Waals surface area contributed by atoms with Gasteiger partial charge in [-0.3, -0.25) is 14.5 Å². The monoisotopic (exact) mass is 285 g/mol. The lowest BCUT2D eigenvalue weighted by atomic mass is 10.1. The van der Waals surface area contributed by atoms with Crippen LogP contribution in [0.2, 0.25) is 0 Å². The fourth-order valence-corrected chi connectivity index (χ4v) is 2.44. The van der Waals surface area contributed by atoms with Crippen molar-refractivity contribution in [3.8, 4) is 5.75 Å². The molecule has 0 unspecified atom stereocenters. The van der Waals surface area contributed by atoms with E-state index in [1.54, 1.807) is 12.1 Å². The Hall–Kier alpha value is -2.60. The summed E-state index contributed by atoms with van der Waals surface area (Å²) in [4.78, 5) is 26.8. The molecule has 1 aliphatic rings. The van der Waals surface area contributed by atoms with Crippen LogP contribution in [0.25, 0.3) is 0 Å². The van der Waals surface area contributed by atoms with Gasteiger partial charge in [0.2, 0.25) is 0 Å². The van der Waals surface area contributed by atoms with E-state index in [-0.39, 0.29) is 0 Å². The Kier molecular flexibility index (Phi) is 3.45. The van der Waals surface area contributed by atoms with Gasteiger partial charge in [-0.25, -0.2) is 0 Å². The summed E-state index contributed by atoms with van der Waals surface area (Å²) in [6.07, 6.45) is 1.60. The van der Waals surface area contributed by atoms with E-state index in [1.165, 1.54) is 0 Å². The molecule has 108 valence electrons. The molecule has 2 N–H and O–H groups in total. The summed E-state index contributed by atoms with van der Waals surface area (Å²) in [5.41, 5.74) is 2.96. The number of hydrogen-bond acceptors (Lipinski definition) is 5. The summed E-state index contributed by atoms with van der Waals surface area (Å²) in [6.45, 7) is 0.980. The number of anilines is 2. The lowest BCUT2D eigenvalue weighted by Crippen LogP contribution is -2.17. The standard InChI is InChI=1S/C15H15N3O3/c1-16-6-11-4-13(3-2-10(11)7-19)18-9-21-14-5-12(8-20)17-15(14)18/h2-5,7-8,16-17H,6,9H2,1H3. The molecule has 6 heteroatoms. The van der Waals surface area contributed by atoms with Crippen LogP contribution in [0.4, 0.5) is 11.5 Å². The normalized spacial score (nSPS) is 12.9. The van der Waals surface area contributed by atoms with Gasteiger partial charge >= 0.3 is 0 Å². The van der Waals surface area contributed by atoms with Crippen molar-refractivity contribution in [3.63, 3.8) is 0 Å². The first-order valence-corrected chi connectivity index (χ1v) is 6.58. The van der Waals surface area contributed by atoms with Crippen molar-refractivity contribution >= 4 is 24.1 Å². The van der Waals surface area contributed by atoms with Crippen molar-refractivity contribution in [2.45, 2.75) is 6.54 Å². The van der Waals surface area contributed by atoms with Gasteiger partial charge < -0.3 is 15.0 Å². The molecular formula is C15H15N3O3. The molecule has 1 aliphatic heterocycles. The van der Waals surface area contributed by atoms with E-state index in [1.807, 2.05) is 24.1 Å². The SMILES string of the molecule is CNCc1cc(N2COc3cc(C=O)[nH]c32)ccc1C=O. The number of rotatable bonds is 5. The third-order valence-corrected chi connectivity index (χ3v) is 3.46. The second kappa shape index (κ2) is 5.41. The number of nitrogens with one attached hydrogen (secondary N) is 2. The van der Waals surface area contributed by atoms with Crippen LogP contribution in [-0.4, -0.2) is 31.3 Å². The minimum atomic E-state index is 0.375. The lowest BCUT2D eigenvalue weighted by molar-refractivity contribution is 0.111. The number of fused-ring (bicyclic) bond motifs is 1. The first-order chi connectivity index (χ1) is 10.3. The molecule has 2 aromatic rings. The highest BCUT2D eigenvalue weighted by molar-refractivity contribution is 5.82. The number of aldehydes is 2. The zero-order chi connectivity index (χ0) is 14.8. The summed E-state index contributed by atoms with van der Waals surface area (Å²) < 4.78 is 5.56. The molecule has 0 spiro atoms. The Morgan fingerprint density at radius 1 is 1.33 bits per heavy atom. The zero-order valence-corrected chi connectivity index (χ0v) is 11.6. The Morgan fingerprint density at radius 3 is 2.90 bits per heavy atom. The van der Waals surface area contributed by atoms with Crippen LogP contribution in [0.5, 0.6) is 5.75 Å². The van der Waals surface area contributed by atoms with Crippen LogP contribution in [0.3, 0.4) is 0 Å². The Bertz CT molecular complexity index is 693. The van der Waals surface area contributed by atoms with E-state index < -0.39 is 0 Å². The molecule has 1 aromatic carbocycles. The van der Waals surface area contributed by atoms with E-state index in [4.69, 9.17) is 4.74 Å². The maximum absolute atomic E-state index is 11.1. The molecule has 0 saturated carbocycles.